The monoisotopic (exact) mass is 392 g/mol. The summed E-state index contributed by atoms with van der Waals surface area (Å²) < 4.78 is 33.8. The molecular weight excluding hydrogens is 376 g/mol. The molecule has 2 aromatic heterocycles. The van der Waals surface area contributed by atoms with E-state index in [0.717, 1.165) is 15.1 Å². The average Bonchev–Trinajstić information content (AvgIpc) is 2.74. The first-order chi connectivity index (χ1) is 13.6. The highest BCUT2D eigenvalue weighted by molar-refractivity contribution is 7.93. The maximum atomic E-state index is 13.6. The molecule has 0 spiro atoms. The molecular formula is C20H16N4O3S. The molecule has 7 nitrogen and oxygen atoms in total. The summed E-state index contributed by atoms with van der Waals surface area (Å²) in [5, 5.41) is 1.63. The van der Waals surface area contributed by atoms with Gasteiger partial charge < -0.3 is 4.74 Å². The van der Waals surface area contributed by atoms with Crippen molar-refractivity contribution in [1.82, 2.24) is 15.0 Å². The number of methoxy groups -OCH3 is 1. The third kappa shape index (κ3) is 3.14. The number of ether oxygens (including phenoxy) is 1. The molecule has 4 rings (SSSR count). The molecule has 0 aliphatic carbocycles. The number of benzene rings is 2. The molecule has 0 saturated heterocycles. The quantitative estimate of drug-likeness (QED) is 0.516. The molecule has 2 heterocycles. The summed E-state index contributed by atoms with van der Waals surface area (Å²) in [6.45, 7) is 0. The van der Waals surface area contributed by atoms with Gasteiger partial charge in [-0.05, 0) is 35.7 Å². The number of pyridine rings is 1. The molecule has 0 saturated carbocycles. The lowest BCUT2D eigenvalue weighted by atomic mass is 10.2. The van der Waals surface area contributed by atoms with Crippen molar-refractivity contribution in [3.8, 4) is 5.75 Å². The molecule has 0 bridgehead atoms. The van der Waals surface area contributed by atoms with Gasteiger partial charge in [0, 0.05) is 30.0 Å². The maximum Gasteiger partial charge on any atom is 0.270 e. The summed E-state index contributed by atoms with van der Waals surface area (Å²) in [4.78, 5) is 12.2. The smallest absolute Gasteiger partial charge is 0.270 e. The van der Waals surface area contributed by atoms with E-state index in [1.807, 2.05) is 0 Å². The van der Waals surface area contributed by atoms with Crippen LogP contribution in [0.1, 0.15) is 0 Å². The molecule has 0 fully saturated rings. The maximum absolute atomic E-state index is 13.6. The Hall–Kier alpha value is -3.52. The summed E-state index contributed by atoms with van der Waals surface area (Å²) in [6, 6.07) is 15.1. The number of sulfonamides is 1. The number of anilines is 2. The van der Waals surface area contributed by atoms with Crippen LogP contribution in [0.25, 0.3) is 10.8 Å². The van der Waals surface area contributed by atoms with E-state index in [-0.39, 0.29) is 10.7 Å². The number of rotatable bonds is 5. The van der Waals surface area contributed by atoms with E-state index in [1.54, 1.807) is 60.9 Å². The van der Waals surface area contributed by atoms with Crippen molar-refractivity contribution in [2.75, 3.05) is 11.4 Å². The Kier molecular flexibility index (Phi) is 4.62. The molecule has 0 aliphatic heterocycles. The lowest BCUT2D eigenvalue weighted by Crippen LogP contribution is -2.27. The van der Waals surface area contributed by atoms with E-state index in [1.165, 1.54) is 25.7 Å². The van der Waals surface area contributed by atoms with E-state index >= 15 is 0 Å². The van der Waals surface area contributed by atoms with Crippen LogP contribution in [0.15, 0.2) is 84.4 Å². The van der Waals surface area contributed by atoms with Crippen LogP contribution < -0.4 is 9.04 Å². The van der Waals surface area contributed by atoms with Gasteiger partial charge in [-0.3, -0.25) is 4.98 Å². The molecule has 28 heavy (non-hydrogen) atoms. The van der Waals surface area contributed by atoms with E-state index in [4.69, 9.17) is 4.74 Å². The Morgan fingerprint density at radius 2 is 1.75 bits per heavy atom. The van der Waals surface area contributed by atoms with Crippen LogP contribution in [-0.4, -0.2) is 30.5 Å². The number of para-hydroxylation sites is 2. The zero-order valence-electron chi connectivity index (χ0n) is 14.9. The highest BCUT2D eigenvalue weighted by atomic mass is 32.2. The Morgan fingerprint density at radius 1 is 0.929 bits per heavy atom. The van der Waals surface area contributed by atoms with E-state index in [0.29, 0.717) is 11.4 Å². The summed E-state index contributed by atoms with van der Waals surface area (Å²) in [5.74, 6) is 0.629. The molecule has 0 radical (unpaired) electrons. The minimum Gasteiger partial charge on any atom is -0.495 e. The van der Waals surface area contributed by atoms with Gasteiger partial charge >= 0.3 is 0 Å². The van der Waals surface area contributed by atoms with E-state index in [2.05, 4.69) is 15.0 Å². The number of fused-ring (bicyclic) bond motifs is 1. The second kappa shape index (κ2) is 7.24. The van der Waals surface area contributed by atoms with Gasteiger partial charge in [-0.2, -0.15) is 0 Å². The fourth-order valence-electron chi connectivity index (χ4n) is 2.90. The lowest BCUT2D eigenvalue weighted by Gasteiger charge is -2.25. The summed E-state index contributed by atoms with van der Waals surface area (Å²) >= 11 is 0. The fourth-order valence-corrected chi connectivity index (χ4v) is 4.40. The SMILES string of the molecule is COc1ccccc1N(c1ccncn1)S(=O)(=O)c1ccc2cnccc2c1. The van der Waals surface area contributed by atoms with Gasteiger partial charge in [0.15, 0.2) is 5.82 Å². The standard InChI is InChI=1S/C20H16N4O3S/c1-27-19-5-3-2-4-18(19)24(20-9-11-22-14-23-20)28(25,26)17-7-6-16-13-21-10-8-15(16)12-17/h2-14H,1H3. The molecule has 8 heteroatoms. The van der Waals surface area contributed by atoms with Crippen molar-refractivity contribution < 1.29 is 13.2 Å². The van der Waals surface area contributed by atoms with Crippen molar-refractivity contribution >= 4 is 32.3 Å². The normalized spacial score (nSPS) is 11.3. The summed E-state index contributed by atoms with van der Waals surface area (Å²) in [5.41, 5.74) is 0.360. The predicted molar refractivity (Wildman–Crippen MR) is 106 cm³/mol. The van der Waals surface area contributed by atoms with Crippen LogP contribution in [0.4, 0.5) is 11.5 Å². The number of hydrogen-bond donors (Lipinski definition) is 0. The van der Waals surface area contributed by atoms with Crippen molar-refractivity contribution in [3.05, 3.63) is 79.5 Å². The van der Waals surface area contributed by atoms with Gasteiger partial charge in [0.1, 0.15) is 17.8 Å². The van der Waals surface area contributed by atoms with Gasteiger partial charge in [0.2, 0.25) is 0 Å². The van der Waals surface area contributed by atoms with Gasteiger partial charge in [0.25, 0.3) is 10.0 Å². The third-order valence-corrected chi connectivity index (χ3v) is 5.94. The number of aromatic nitrogens is 3. The van der Waals surface area contributed by atoms with Gasteiger partial charge in [0.05, 0.1) is 12.0 Å². The first kappa shape index (κ1) is 17.9. The van der Waals surface area contributed by atoms with Gasteiger partial charge in [-0.1, -0.05) is 18.2 Å². The summed E-state index contributed by atoms with van der Waals surface area (Å²) in [7, 11) is -2.50. The Labute approximate surface area is 162 Å². The lowest BCUT2D eigenvalue weighted by molar-refractivity contribution is 0.416. The van der Waals surface area contributed by atoms with Crippen LogP contribution in [-0.2, 0) is 10.0 Å². The third-order valence-electron chi connectivity index (χ3n) is 4.23. The van der Waals surface area contributed by atoms with Crippen LogP contribution in [0, 0.1) is 0 Å². The van der Waals surface area contributed by atoms with Crippen LogP contribution in [0.3, 0.4) is 0 Å². The Balaban J connectivity index is 1.94. The van der Waals surface area contributed by atoms with Gasteiger partial charge in [-0.15, -0.1) is 0 Å². The topological polar surface area (TPSA) is 85.3 Å². The van der Waals surface area contributed by atoms with Crippen LogP contribution >= 0.6 is 0 Å². The van der Waals surface area contributed by atoms with Crippen molar-refractivity contribution in [2.24, 2.45) is 0 Å². The fraction of sp³-hybridized carbons (Fsp3) is 0.0500. The zero-order valence-corrected chi connectivity index (χ0v) is 15.7. The van der Waals surface area contributed by atoms with Crippen molar-refractivity contribution in [2.45, 2.75) is 4.90 Å². The molecule has 0 unspecified atom stereocenters. The second-order valence-corrected chi connectivity index (χ2v) is 7.68. The molecule has 4 aromatic rings. The first-order valence-corrected chi connectivity index (χ1v) is 9.83. The Morgan fingerprint density at radius 3 is 2.54 bits per heavy atom. The second-order valence-electron chi connectivity index (χ2n) is 5.89. The van der Waals surface area contributed by atoms with Gasteiger partial charge in [-0.25, -0.2) is 22.7 Å². The van der Waals surface area contributed by atoms with Crippen molar-refractivity contribution in [1.29, 1.82) is 0 Å². The number of nitrogens with zero attached hydrogens (tertiary/aromatic N) is 4. The molecule has 0 aliphatic rings. The average molecular weight is 392 g/mol. The van der Waals surface area contributed by atoms with E-state index in [9.17, 15) is 8.42 Å². The van der Waals surface area contributed by atoms with Crippen LogP contribution in [0.5, 0.6) is 5.75 Å². The Bertz CT molecular complexity index is 1230. The highest BCUT2D eigenvalue weighted by Gasteiger charge is 2.30. The minimum absolute atomic E-state index is 0.135. The summed E-state index contributed by atoms with van der Waals surface area (Å²) in [6.07, 6.45) is 6.11. The molecule has 0 N–H and O–H groups in total. The predicted octanol–water partition coefficient (Wildman–Crippen LogP) is 3.56. The van der Waals surface area contributed by atoms with Crippen LogP contribution in [0.2, 0.25) is 0 Å². The zero-order chi connectivity index (χ0) is 19.6. The molecule has 2 aromatic carbocycles. The molecule has 0 amide bonds. The van der Waals surface area contributed by atoms with E-state index < -0.39 is 10.0 Å². The van der Waals surface area contributed by atoms with Crippen molar-refractivity contribution in [3.63, 3.8) is 0 Å². The largest absolute Gasteiger partial charge is 0.495 e. The number of hydrogen-bond acceptors (Lipinski definition) is 6. The molecule has 140 valence electrons. The minimum atomic E-state index is -3.99. The highest BCUT2D eigenvalue weighted by Crippen LogP contribution is 2.37. The first-order valence-electron chi connectivity index (χ1n) is 8.39. The molecule has 0 atom stereocenters.